The second-order valence-corrected chi connectivity index (χ2v) is 11.7. The molecule has 1 heterocycles. The summed E-state index contributed by atoms with van der Waals surface area (Å²) in [6, 6.07) is 5.15. The lowest BCUT2D eigenvalue weighted by Crippen LogP contribution is -2.63. The molecule has 32 heavy (non-hydrogen) atoms. The topological polar surface area (TPSA) is 119 Å². The molecule has 0 radical (unpaired) electrons. The maximum absolute atomic E-state index is 14.1. The predicted molar refractivity (Wildman–Crippen MR) is 112 cm³/mol. The predicted octanol–water partition coefficient (Wildman–Crippen LogP) is 1.01. The van der Waals surface area contributed by atoms with Gasteiger partial charge in [0.15, 0.2) is 0 Å². The third kappa shape index (κ3) is 3.52. The summed E-state index contributed by atoms with van der Waals surface area (Å²) in [6.07, 6.45) is 3.21. The van der Waals surface area contributed by atoms with Crippen molar-refractivity contribution >= 4 is 21.8 Å². The standard InChI is InChI=1S/C22H28FN3O5S/c23-16-3-1-2-4-18(16)32(29,30)26-5-6-31-17(12-26)20(27)25-19-14-7-13-8-15(19)11-22(9-13,10-14)21(24)28/h1-4,13-15,17,19H,5-12H2,(H2,24,28)(H,25,27). The van der Waals surface area contributed by atoms with E-state index in [1.54, 1.807) is 0 Å². The molecule has 4 aliphatic carbocycles. The molecule has 1 aromatic carbocycles. The van der Waals surface area contributed by atoms with Crippen LogP contribution < -0.4 is 11.1 Å². The van der Waals surface area contributed by atoms with Crippen LogP contribution in [0.15, 0.2) is 29.2 Å². The smallest absolute Gasteiger partial charge is 0.250 e. The van der Waals surface area contributed by atoms with E-state index in [9.17, 15) is 22.4 Å². The highest BCUT2D eigenvalue weighted by Crippen LogP contribution is 2.59. The Bertz CT molecular complexity index is 1030. The lowest BCUT2D eigenvalue weighted by atomic mass is 9.47. The number of amides is 2. The fourth-order valence-corrected chi connectivity index (χ4v) is 8.10. The molecule has 5 fully saturated rings. The summed E-state index contributed by atoms with van der Waals surface area (Å²) < 4.78 is 46.7. The molecule has 1 aliphatic heterocycles. The van der Waals surface area contributed by atoms with Crippen LogP contribution in [-0.4, -0.2) is 56.4 Å². The number of carbonyl (C=O) groups excluding carboxylic acids is 2. The summed E-state index contributed by atoms with van der Waals surface area (Å²) >= 11 is 0. The molecule has 0 spiro atoms. The van der Waals surface area contributed by atoms with Crippen molar-refractivity contribution in [2.45, 2.75) is 49.1 Å². The average Bonchev–Trinajstić information content (AvgIpc) is 2.76. The van der Waals surface area contributed by atoms with E-state index in [0.29, 0.717) is 18.8 Å². The third-order valence-corrected chi connectivity index (χ3v) is 9.78. The monoisotopic (exact) mass is 465 g/mol. The number of rotatable bonds is 5. The van der Waals surface area contributed by atoms with Crippen LogP contribution in [0.25, 0.3) is 0 Å². The Morgan fingerprint density at radius 2 is 1.84 bits per heavy atom. The van der Waals surface area contributed by atoms with E-state index in [1.165, 1.54) is 18.2 Å². The molecule has 3 atom stereocenters. The van der Waals surface area contributed by atoms with Gasteiger partial charge in [0.25, 0.3) is 5.91 Å². The summed E-state index contributed by atoms with van der Waals surface area (Å²) in [6.45, 7) is -0.0630. The number of halogens is 1. The molecule has 6 rings (SSSR count). The van der Waals surface area contributed by atoms with Crippen LogP contribution >= 0.6 is 0 Å². The Kier molecular flexibility index (Phi) is 5.29. The van der Waals surface area contributed by atoms with Crippen LogP contribution in [0.1, 0.15) is 32.1 Å². The van der Waals surface area contributed by atoms with Crippen LogP contribution in [0.3, 0.4) is 0 Å². The Labute approximate surface area is 186 Å². The number of carbonyl (C=O) groups is 2. The van der Waals surface area contributed by atoms with E-state index in [4.69, 9.17) is 10.5 Å². The highest BCUT2D eigenvalue weighted by molar-refractivity contribution is 7.89. The quantitative estimate of drug-likeness (QED) is 0.673. The van der Waals surface area contributed by atoms with E-state index in [2.05, 4.69) is 5.32 Å². The molecule has 174 valence electrons. The summed E-state index contributed by atoms with van der Waals surface area (Å²) in [5, 5.41) is 3.10. The van der Waals surface area contributed by atoms with Gasteiger partial charge in [-0.05, 0) is 62.0 Å². The van der Waals surface area contributed by atoms with Crippen LogP contribution in [-0.2, 0) is 24.3 Å². The lowest BCUT2D eigenvalue weighted by Gasteiger charge is -2.59. The SMILES string of the molecule is NC(=O)C12CC3CC(C1)C(NC(=O)C1CN(S(=O)(=O)c4ccccc4F)CCO1)C(C3)C2. The second kappa shape index (κ2) is 7.78. The summed E-state index contributed by atoms with van der Waals surface area (Å²) in [7, 11) is -4.08. The number of ether oxygens (including phenoxy) is 1. The molecular weight excluding hydrogens is 437 g/mol. The molecule has 3 N–H and O–H groups in total. The lowest BCUT2D eigenvalue weighted by molar-refractivity contribution is -0.150. The summed E-state index contributed by atoms with van der Waals surface area (Å²) in [5.41, 5.74) is 5.29. The minimum Gasteiger partial charge on any atom is -0.369 e. The normalized spacial score (nSPS) is 36.7. The number of primary amides is 1. The van der Waals surface area contributed by atoms with Crippen molar-refractivity contribution in [3.05, 3.63) is 30.1 Å². The maximum atomic E-state index is 14.1. The molecule has 0 aromatic heterocycles. The Morgan fingerprint density at radius 1 is 1.16 bits per heavy atom. The molecule has 4 bridgehead atoms. The first-order valence-electron chi connectivity index (χ1n) is 11.2. The van der Waals surface area contributed by atoms with Crippen molar-refractivity contribution in [1.29, 1.82) is 0 Å². The largest absolute Gasteiger partial charge is 0.369 e. The van der Waals surface area contributed by atoms with Crippen LogP contribution in [0, 0.1) is 29.0 Å². The summed E-state index contributed by atoms with van der Waals surface area (Å²) in [5.74, 6) is -0.549. The van der Waals surface area contributed by atoms with Crippen molar-refractivity contribution in [1.82, 2.24) is 9.62 Å². The van der Waals surface area contributed by atoms with E-state index < -0.39 is 32.3 Å². The number of hydrogen-bond donors (Lipinski definition) is 2. The van der Waals surface area contributed by atoms with Gasteiger partial charge in [-0.25, -0.2) is 12.8 Å². The van der Waals surface area contributed by atoms with Crippen LogP contribution in [0.5, 0.6) is 0 Å². The fourth-order valence-electron chi connectivity index (χ4n) is 6.61. The zero-order valence-electron chi connectivity index (χ0n) is 17.7. The van der Waals surface area contributed by atoms with Gasteiger partial charge >= 0.3 is 0 Å². The van der Waals surface area contributed by atoms with Gasteiger partial charge in [-0.3, -0.25) is 9.59 Å². The minimum absolute atomic E-state index is 0.0517. The van der Waals surface area contributed by atoms with Gasteiger partial charge < -0.3 is 15.8 Å². The number of nitrogens with zero attached hydrogens (tertiary/aromatic N) is 1. The zero-order valence-corrected chi connectivity index (χ0v) is 18.5. The van der Waals surface area contributed by atoms with E-state index in [-0.39, 0.29) is 49.4 Å². The van der Waals surface area contributed by atoms with Crippen LogP contribution in [0.2, 0.25) is 0 Å². The Morgan fingerprint density at radius 3 is 2.50 bits per heavy atom. The molecule has 10 heteroatoms. The Hall–Kier alpha value is -2.04. The maximum Gasteiger partial charge on any atom is 0.250 e. The van der Waals surface area contributed by atoms with Gasteiger partial charge in [-0.1, -0.05) is 12.1 Å². The second-order valence-electron chi connectivity index (χ2n) is 9.80. The number of sulfonamides is 1. The average molecular weight is 466 g/mol. The first kappa shape index (κ1) is 21.8. The van der Waals surface area contributed by atoms with Crippen molar-refractivity contribution in [2.75, 3.05) is 19.7 Å². The number of nitrogens with two attached hydrogens (primary N) is 1. The van der Waals surface area contributed by atoms with E-state index in [0.717, 1.165) is 29.6 Å². The van der Waals surface area contributed by atoms with Gasteiger partial charge in [0.2, 0.25) is 15.9 Å². The van der Waals surface area contributed by atoms with Gasteiger partial charge in [-0.15, -0.1) is 0 Å². The molecular formula is C22H28FN3O5S. The fraction of sp³-hybridized carbons (Fsp3) is 0.636. The van der Waals surface area contributed by atoms with E-state index >= 15 is 0 Å². The van der Waals surface area contributed by atoms with Crippen LogP contribution in [0.4, 0.5) is 4.39 Å². The first-order valence-corrected chi connectivity index (χ1v) is 12.6. The first-order chi connectivity index (χ1) is 15.2. The van der Waals surface area contributed by atoms with E-state index in [1.807, 2.05) is 0 Å². The van der Waals surface area contributed by atoms with Gasteiger partial charge in [0, 0.05) is 24.5 Å². The van der Waals surface area contributed by atoms with Gasteiger partial charge in [-0.2, -0.15) is 4.31 Å². The number of hydrogen-bond acceptors (Lipinski definition) is 5. The molecule has 2 amide bonds. The van der Waals surface area contributed by atoms with Gasteiger partial charge in [0.1, 0.15) is 16.8 Å². The van der Waals surface area contributed by atoms with Gasteiger partial charge in [0.05, 0.1) is 6.61 Å². The molecule has 5 aliphatic rings. The van der Waals surface area contributed by atoms with Crippen molar-refractivity contribution in [3.63, 3.8) is 0 Å². The Balaban J connectivity index is 1.28. The molecule has 3 unspecified atom stereocenters. The number of nitrogens with one attached hydrogen (secondary N) is 1. The minimum atomic E-state index is -4.08. The van der Waals surface area contributed by atoms with Crippen molar-refractivity contribution < 1.29 is 27.1 Å². The van der Waals surface area contributed by atoms with Crippen molar-refractivity contribution in [3.8, 4) is 0 Å². The molecule has 1 saturated heterocycles. The highest BCUT2D eigenvalue weighted by Gasteiger charge is 2.58. The number of benzene rings is 1. The molecule has 8 nitrogen and oxygen atoms in total. The molecule has 4 saturated carbocycles. The zero-order chi connectivity index (χ0) is 22.7. The third-order valence-electron chi connectivity index (χ3n) is 7.88. The van der Waals surface area contributed by atoms with Crippen molar-refractivity contribution in [2.24, 2.45) is 28.9 Å². The number of morpholine rings is 1. The molecule has 1 aromatic rings. The highest BCUT2D eigenvalue weighted by atomic mass is 32.2. The summed E-state index contributed by atoms with van der Waals surface area (Å²) in [4.78, 5) is 24.8.